The van der Waals surface area contributed by atoms with E-state index in [1.54, 1.807) is 0 Å². The summed E-state index contributed by atoms with van der Waals surface area (Å²) >= 11 is 0. The first kappa shape index (κ1) is 41.7. The fraction of sp³-hybridized carbons (Fsp3) is 0.837. The van der Waals surface area contributed by atoms with Crippen LogP contribution < -0.4 is 5.43 Å². The fourth-order valence-corrected chi connectivity index (χ4v) is 6.65. The Morgan fingerprint density at radius 2 is 0.711 bits per heavy atom. The summed E-state index contributed by atoms with van der Waals surface area (Å²) in [6.07, 6.45) is 55.1. The summed E-state index contributed by atoms with van der Waals surface area (Å²) in [6, 6.07) is 0. The number of hydrogen-bond acceptors (Lipinski definition) is 2. The lowest BCUT2D eigenvalue weighted by Gasteiger charge is -2.18. The van der Waals surface area contributed by atoms with Crippen LogP contribution in [0.5, 0.6) is 0 Å². The van der Waals surface area contributed by atoms with Crippen LogP contribution in [0.1, 0.15) is 233 Å². The summed E-state index contributed by atoms with van der Waals surface area (Å²) in [6.45, 7) is 6.91. The van der Waals surface area contributed by atoms with Crippen molar-refractivity contribution < 1.29 is 0 Å². The molecular formula is C43H80N2. The van der Waals surface area contributed by atoms with E-state index in [0.29, 0.717) is 0 Å². The van der Waals surface area contributed by atoms with Gasteiger partial charge in [0, 0.05) is 5.57 Å². The molecule has 0 amide bonds. The molecule has 0 bridgehead atoms. The van der Waals surface area contributed by atoms with Crippen LogP contribution >= 0.6 is 0 Å². The van der Waals surface area contributed by atoms with E-state index in [1.165, 1.54) is 222 Å². The molecule has 1 rings (SSSR count). The minimum atomic E-state index is 1.16. The van der Waals surface area contributed by atoms with Gasteiger partial charge in [0.2, 0.25) is 0 Å². The molecule has 0 aliphatic carbocycles. The van der Waals surface area contributed by atoms with Crippen LogP contribution in [-0.2, 0) is 0 Å². The second-order valence-corrected chi connectivity index (χ2v) is 14.2. The largest absolute Gasteiger partial charge is 0.278 e. The van der Waals surface area contributed by atoms with Gasteiger partial charge in [-0.25, -0.2) is 0 Å². The van der Waals surface area contributed by atoms with Crippen LogP contribution in [0.2, 0.25) is 0 Å². The van der Waals surface area contributed by atoms with E-state index in [0.717, 1.165) is 6.42 Å². The Balaban J connectivity index is 2.46. The maximum atomic E-state index is 4.58. The summed E-state index contributed by atoms with van der Waals surface area (Å²) in [7, 11) is 0. The summed E-state index contributed by atoms with van der Waals surface area (Å²) < 4.78 is 0. The molecule has 262 valence electrons. The number of nitrogens with one attached hydrogen (secondary N) is 1. The van der Waals surface area contributed by atoms with Crippen LogP contribution in [0.4, 0.5) is 0 Å². The van der Waals surface area contributed by atoms with Gasteiger partial charge in [-0.15, -0.1) is 0 Å². The van der Waals surface area contributed by atoms with Crippen molar-refractivity contribution in [2.75, 3.05) is 0 Å². The van der Waals surface area contributed by atoms with Gasteiger partial charge in [-0.3, -0.25) is 5.43 Å². The first-order valence-electron chi connectivity index (χ1n) is 20.7. The molecule has 1 aliphatic heterocycles. The van der Waals surface area contributed by atoms with Crippen LogP contribution in [0.25, 0.3) is 0 Å². The standard InChI is InChI=1S/C43H80N2/c1-4-7-10-13-16-19-22-25-28-31-34-37-41-40-44-45-43(39-36-33-30-27-24-21-18-15-12-9-6-3)42(41)38-35-32-29-26-23-20-17-14-11-8-5-2/h37-40,45H,4-36H2,1-3H3. The molecule has 0 radical (unpaired) electrons. The predicted octanol–water partition coefficient (Wildman–Crippen LogP) is 15.2. The molecule has 1 N–H and O–H groups in total. The third-order valence-electron chi connectivity index (χ3n) is 9.72. The molecule has 1 aliphatic rings. The van der Waals surface area contributed by atoms with E-state index in [-0.39, 0.29) is 0 Å². The van der Waals surface area contributed by atoms with Crippen LogP contribution in [0, 0.1) is 0 Å². The Labute approximate surface area is 283 Å². The number of allylic oxidation sites excluding steroid dienone is 4. The Kier molecular flexibility index (Phi) is 31.6. The molecule has 0 unspecified atom stereocenters. The van der Waals surface area contributed by atoms with Crippen molar-refractivity contribution in [1.82, 2.24) is 5.43 Å². The van der Waals surface area contributed by atoms with Crippen molar-refractivity contribution in [3.63, 3.8) is 0 Å². The Bertz CT molecular complexity index is 743. The minimum Gasteiger partial charge on any atom is -0.278 e. The first-order valence-corrected chi connectivity index (χ1v) is 20.7. The zero-order valence-electron chi connectivity index (χ0n) is 31.1. The number of rotatable bonds is 33. The molecule has 0 saturated heterocycles. The molecule has 2 nitrogen and oxygen atoms in total. The van der Waals surface area contributed by atoms with Gasteiger partial charge in [0.05, 0.1) is 11.9 Å². The molecule has 45 heavy (non-hydrogen) atoms. The Morgan fingerprint density at radius 1 is 0.400 bits per heavy atom. The average Bonchev–Trinajstić information content (AvgIpc) is 3.05. The summed E-state index contributed by atoms with van der Waals surface area (Å²) in [5, 5.41) is 4.58. The second-order valence-electron chi connectivity index (χ2n) is 14.2. The van der Waals surface area contributed by atoms with E-state index >= 15 is 0 Å². The van der Waals surface area contributed by atoms with Gasteiger partial charge < -0.3 is 0 Å². The number of hydrogen-bond donors (Lipinski definition) is 1. The van der Waals surface area contributed by atoms with Crippen molar-refractivity contribution in [3.8, 4) is 0 Å². The normalized spacial score (nSPS) is 15.9. The topological polar surface area (TPSA) is 24.4 Å². The monoisotopic (exact) mass is 625 g/mol. The highest BCUT2D eigenvalue weighted by atomic mass is 15.3. The molecule has 0 aromatic carbocycles. The van der Waals surface area contributed by atoms with Crippen LogP contribution in [-0.4, -0.2) is 6.21 Å². The number of hydrazone groups is 1. The van der Waals surface area contributed by atoms with Gasteiger partial charge in [0.1, 0.15) is 0 Å². The van der Waals surface area contributed by atoms with E-state index < -0.39 is 0 Å². The molecule has 0 saturated carbocycles. The van der Waals surface area contributed by atoms with Gasteiger partial charge in [-0.05, 0) is 44.1 Å². The van der Waals surface area contributed by atoms with Crippen molar-refractivity contribution in [1.29, 1.82) is 0 Å². The highest BCUT2D eigenvalue weighted by Crippen LogP contribution is 2.24. The van der Waals surface area contributed by atoms with E-state index in [2.05, 4.69) is 55.7 Å². The highest BCUT2D eigenvalue weighted by molar-refractivity contribution is 5.88. The molecule has 0 aromatic rings. The first-order chi connectivity index (χ1) is 22.3. The van der Waals surface area contributed by atoms with Gasteiger partial charge in [0.15, 0.2) is 0 Å². The van der Waals surface area contributed by atoms with Crippen LogP contribution in [0.15, 0.2) is 40.2 Å². The number of unbranched alkanes of at least 4 members (excludes halogenated alkanes) is 30. The lowest BCUT2D eigenvalue weighted by Crippen LogP contribution is -2.16. The maximum Gasteiger partial charge on any atom is 0.0597 e. The summed E-state index contributed by atoms with van der Waals surface area (Å²) in [4.78, 5) is 0. The molecule has 2 heteroatoms. The van der Waals surface area contributed by atoms with Crippen molar-refractivity contribution >= 4 is 6.21 Å². The van der Waals surface area contributed by atoms with Gasteiger partial charge in [-0.2, -0.15) is 5.10 Å². The molecule has 0 atom stereocenters. The molecular weight excluding hydrogens is 544 g/mol. The average molecular weight is 625 g/mol. The Hall–Kier alpha value is -1.31. The van der Waals surface area contributed by atoms with E-state index in [1.807, 2.05) is 0 Å². The highest BCUT2D eigenvalue weighted by Gasteiger charge is 2.13. The molecule has 0 aromatic heterocycles. The van der Waals surface area contributed by atoms with Gasteiger partial charge in [-0.1, -0.05) is 212 Å². The minimum absolute atomic E-state index is 1.16. The Morgan fingerprint density at radius 3 is 1.09 bits per heavy atom. The predicted molar refractivity (Wildman–Crippen MR) is 205 cm³/mol. The maximum absolute atomic E-state index is 4.58. The zero-order chi connectivity index (χ0) is 32.3. The second kappa shape index (κ2) is 34.0. The lowest BCUT2D eigenvalue weighted by atomic mass is 9.96. The summed E-state index contributed by atoms with van der Waals surface area (Å²) in [5.41, 5.74) is 7.42. The SMILES string of the molecule is CCCCCCCCCCCCC=C1C=NNC(=CCCCCCCCCCCCC)C1=CCCCCCCCCCCCC. The van der Waals surface area contributed by atoms with Crippen molar-refractivity contribution in [3.05, 3.63) is 35.1 Å². The van der Waals surface area contributed by atoms with Crippen molar-refractivity contribution in [2.24, 2.45) is 5.10 Å². The smallest absolute Gasteiger partial charge is 0.0597 e. The van der Waals surface area contributed by atoms with E-state index in [9.17, 15) is 0 Å². The van der Waals surface area contributed by atoms with Crippen LogP contribution in [0.3, 0.4) is 0 Å². The molecule has 1 heterocycles. The van der Waals surface area contributed by atoms with Gasteiger partial charge in [0.25, 0.3) is 0 Å². The quantitative estimate of drug-likeness (QED) is 0.0722. The zero-order valence-corrected chi connectivity index (χ0v) is 31.1. The van der Waals surface area contributed by atoms with E-state index in [4.69, 9.17) is 0 Å². The van der Waals surface area contributed by atoms with Crippen molar-refractivity contribution in [2.45, 2.75) is 233 Å². The number of nitrogens with zero attached hydrogens (tertiary/aromatic N) is 1. The molecule has 0 spiro atoms. The third kappa shape index (κ3) is 26.5. The molecule has 0 fully saturated rings. The summed E-state index contributed by atoms with van der Waals surface area (Å²) in [5.74, 6) is 0. The van der Waals surface area contributed by atoms with Gasteiger partial charge >= 0.3 is 0 Å². The fourth-order valence-electron chi connectivity index (χ4n) is 6.65. The lowest BCUT2D eigenvalue weighted by molar-refractivity contribution is 0.557. The third-order valence-corrected chi connectivity index (χ3v) is 9.72.